The van der Waals surface area contributed by atoms with Crippen molar-refractivity contribution in [2.45, 2.75) is 0 Å². The summed E-state index contributed by atoms with van der Waals surface area (Å²) < 4.78 is 0. The Balaban J connectivity index is 2.86. The zero-order chi connectivity index (χ0) is 7.56. The molecule has 1 aliphatic rings. The highest BCUT2D eigenvalue weighted by Crippen LogP contribution is 2.03. The average Bonchev–Trinajstić information content (AvgIpc) is 1.95. The molecule has 0 aliphatic heterocycles. The van der Waals surface area contributed by atoms with Gasteiger partial charge >= 0.3 is 0 Å². The number of aliphatic hydroxyl groups excluding tert-OH is 1. The standard InChI is InChI=1S/C7H8N2O/c8-6-2-1-5(4-10)3-7(6)9/h1-3,8-10H,4H2. The first-order valence-corrected chi connectivity index (χ1v) is 2.91. The maximum atomic E-state index is 8.61. The van der Waals surface area contributed by atoms with Gasteiger partial charge in [-0.05, 0) is 17.7 Å². The van der Waals surface area contributed by atoms with Crippen molar-refractivity contribution >= 4 is 11.4 Å². The minimum absolute atomic E-state index is 0.0633. The fourth-order valence-corrected chi connectivity index (χ4v) is 0.690. The highest BCUT2D eigenvalue weighted by atomic mass is 16.3. The molecule has 0 atom stereocenters. The van der Waals surface area contributed by atoms with Gasteiger partial charge in [-0.1, -0.05) is 6.08 Å². The van der Waals surface area contributed by atoms with Crippen LogP contribution < -0.4 is 0 Å². The fraction of sp³-hybridized carbons (Fsp3) is 0.143. The number of rotatable bonds is 1. The Morgan fingerprint density at radius 3 is 2.40 bits per heavy atom. The van der Waals surface area contributed by atoms with E-state index in [1.54, 1.807) is 6.08 Å². The number of allylic oxidation sites excluding steroid dienone is 2. The van der Waals surface area contributed by atoms with Crippen molar-refractivity contribution in [1.29, 1.82) is 10.8 Å². The van der Waals surface area contributed by atoms with Gasteiger partial charge < -0.3 is 5.11 Å². The summed E-state index contributed by atoms with van der Waals surface area (Å²) in [5.74, 6) is 0. The maximum absolute atomic E-state index is 8.61. The van der Waals surface area contributed by atoms with Crippen molar-refractivity contribution < 1.29 is 5.11 Å². The third kappa shape index (κ3) is 1.19. The molecule has 10 heavy (non-hydrogen) atoms. The quantitative estimate of drug-likeness (QED) is 0.452. The van der Waals surface area contributed by atoms with Gasteiger partial charge in [0.1, 0.15) is 0 Å². The molecular formula is C7H8N2O. The van der Waals surface area contributed by atoms with Crippen LogP contribution in [-0.4, -0.2) is 23.1 Å². The molecule has 0 unspecified atom stereocenters. The summed E-state index contributed by atoms with van der Waals surface area (Å²) in [7, 11) is 0. The van der Waals surface area contributed by atoms with Crippen LogP contribution in [0.2, 0.25) is 0 Å². The van der Waals surface area contributed by atoms with E-state index in [0.717, 1.165) is 0 Å². The molecule has 0 aromatic heterocycles. The monoisotopic (exact) mass is 136 g/mol. The summed E-state index contributed by atoms with van der Waals surface area (Å²) in [4.78, 5) is 0. The molecule has 0 aromatic carbocycles. The molecule has 3 N–H and O–H groups in total. The van der Waals surface area contributed by atoms with Gasteiger partial charge in [-0.25, -0.2) is 0 Å². The summed E-state index contributed by atoms with van der Waals surface area (Å²) in [5.41, 5.74) is 1.03. The lowest BCUT2D eigenvalue weighted by Gasteiger charge is -2.04. The van der Waals surface area contributed by atoms with Gasteiger partial charge in [0, 0.05) is 0 Å². The van der Waals surface area contributed by atoms with Gasteiger partial charge in [-0.3, -0.25) is 10.8 Å². The molecule has 3 heteroatoms. The first kappa shape index (κ1) is 6.89. The minimum Gasteiger partial charge on any atom is -0.392 e. The molecule has 0 saturated carbocycles. The molecule has 0 aromatic rings. The molecule has 0 fully saturated rings. The predicted molar refractivity (Wildman–Crippen MR) is 39.8 cm³/mol. The highest BCUT2D eigenvalue weighted by Gasteiger charge is 2.04. The lowest BCUT2D eigenvalue weighted by Crippen LogP contribution is -2.11. The van der Waals surface area contributed by atoms with E-state index in [1.165, 1.54) is 12.2 Å². The Labute approximate surface area is 58.7 Å². The molecule has 1 aliphatic carbocycles. The van der Waals surface area contributed by atoms with Crippen molar-refractivity contribution in [1.82, 2.24) is 0 Å². The zero-order valence-corrected chi connectivity index (χ0v) is 5.39. The van der Waals surface area contributed by atoms with Crippen LogP contribution in [-0.2, 0) is 0 Å². The van der Waals surface area contributed by atoms with Gasteiger partial charge in [0.25, 0.3) is 0 Å². The lowest BCUT2D eigenvalue weighted by molar-refractivity contribution is 0.335. The average molecular weight is 136 g/mol. The van der Waals surface area contributed by atoms with E-state index >= 15 is 0 Å². The van der Waals surface area contributed by atoms with Crippen molar-refractivity contribution in [3.63, 3.8) is 0 Å². The molecule has 0 spiro atoms. The third-order valence-electron chi connectivity index (χ3n) is 1.27. The van der Waals surface area contributed by atoms with Gasteiger partial charge in [0.05, 0.1) is 18.0 Å². The van der Waals surface area contributed by atoms with Gasteiger partial charge in [-0.15, -0.1) is 0 Å². The van der Waals surface area contributed by atoms with E-state index < -0.39 is 0 Å². The van der Waals surface area contributed by atoms with Gasteiger partial charge in [-0.2, -0.15) is 0 Å². The molecule has 1 rings (SSSR count). The Morgan fingerprint density at radius 2 is 1.90 bits per heavy atom. The first-order valence-electron chi connectivity index (χ1n) is 2.91. The summed E-state index contributed by atoms with van der Waals surface area (Å²) in [6, 6.07) is 0. The SMILES string of the molecule is N=C1C=CC(CO)=CC1=N. The van der Waals surface area contributed by atoms with Gasteiger partial charge in [0.15, 0.2) is 0 Å². The molecule has 0 radical (unpaired) electrons. The van der Waals surface area contributed by atoms with Crippen LogP contribution in [0.1, 0.15) is 0 Å². The van der Waals surface area contributed by atoms with E-state index in [1.807, 2.05) is 0 Å². The van der Waals surface area contributed by atoms with Crippen LogP contribution in [0.3, 0.4) is 0 Å². The van der Waals surface area contributed by atoms with Gasteiger partial charge in [0.2, 0.25) is 0 Å². The molecule has 0 saturated heterocycles. The van der Waals surface area contributed by atoms with Crippen LogP contribution in [0, 0.1) is 10.8 Å². The predicted octanol–water partition coefficient (Wildman–Crippen LogP) is 0.514. The number of hydrogen-bond donors (Lipinski definition) is 3. The second-order valence-corrected chi connectivity index (χ2v) is 2.04. The van der Waals surface area contributed by atoms with Crippen LogP contribution in [0.5, 0.6) is 0 Å². The molecule has 3 nitrogen and oxygen atoms in total. The van der Waals surface area contributed by atoms with Crippen LogP contribution in [0.4, 0.5) is 0 Å². The molecule has 0 bridgehead atoms. The lowest BCUT2D eigenvalue weighted by atomic mass is 10.0. The molecule has 52 valence electrons. The molecular weight excluding hydrogens is 128 g/mol. The van der Waals surface area contributed by atoms with Crippen molar-refractivity contribution in [3.05, 3.63) is 23.8 Å². The third-order valence-corrected chi connectivity index (χ3v) is 1.27. The molecule has 0 heterocycles. The number of aliphatic hydroxyl groups is 1. The number of nitrogens with one attached hydrogen (secondary N) is 2. The second-order valence-electron chi connectivity index (χ2n) is 2.04. The van der Waals surface area contributed by atoms with E-state index in [9.17, 15) is 0 Å². The van der Waals surface area contributed by atoms with E-state index in [2.05, 4.69) is 0 Å². The fourth-order valence-electron chi connectivity index (χ4n) is 0.690. The molecule has 0 amide bonds. The smallest absolute Gasteiger partial charge is 0.0792 e. The normalized spacial score (nSPS) is 17.5. The highest BCUT2D eigenvalue weighted by molar-refractivity contribution is 6.49. The van der Waals surface area contributed by atoms with Crippen LogP contribution in [0.15, 0.2) is 23.8 Å². The largest absolute Gasteiger partial charge is 0.392 e. The minimum atomic E-state index is -0.0633. The second kappa shape index (κ2) is 2.58. The zero-order valence-electron chi connectivity index (χ0n) is 5.39. The van der Waals surface area contributed by atoms with Crippen molar-refractivity contribution in [3.8, 4) is 0 Å². The Kier molecular flexibility index (Phi) is 1.78. The van der Waals surface area contributed by atoms with E-state index in [-0.39, 0.29) is 18.0 Å². The Morgan fingerprint density at radius 1 is 1.20 bits per heavy atom. The topological polar surface area (TPSA) is 67.9 Å². The Hall–Kier alpha value is -1.22. The maximum Gasteiger partial charge on any atom is 0.0792 e. The van der Waals surface area contributed by atoms with E-state index in [0.29, 0.717) is 5.57 Å². The summed E-state index contributed by atoms with van der Waals surface area (Å²) >= 11 is 0. The van der Waals surface area contributed by atoms with Crippen molar-refractivity contribution in [2.75, 3.05) is 6.61 Å². The van der Waals surface area contributed by atoms with Crippen molar-refractivity contribution in [2.24, 2.45) is 0 Å². The van der Waals surface area contributed by atoms with E-state index in [4.69, 9.17) is 15.9 Å². The summed E-state index contributed by atoms with van der Waals surface area (Å²) in [6.45, 7) is -0.0633. The first-order chi connectivity index (χ1) is 4.74. The Bertz CT molecular complexity index is 238. The summed E-state index contributed by atoms with van der Waals surface area (Å²) in [5, 5.41) is 22.9. The summed E-state index contributed by atoms with van der Waals surface area (Å²) in [6.07, 6.45) is 4.64. The van der Waals surface area contributed by atoms with Crippen LogP contribution in [0.25, 0.3) is 0 Å². The number of hydrogen-bond acceptors (Lipinski definition) is 3. The van der Waals surface area contributed by atoms with Crippen LogP contribution >= 0.6 is 0 Å².